The van der Waals surface area contributed by atoms with Gasteiger partial charge in [0.05, 0.1) is 6.61 Å². The fraction of sp³-hybridized carbons (Fsp3) is 0.667. The van der Waals surface area contributed by atoms with Gasteiger partial charge in [0.1, 0.15) is 0 Å². The van der Waals surface area contributed by atoms with Crippen LogP contribution in [-0.4, -0.2) is 17.8 Å². The molecule has 0 aliphatic carbocycles. The lowest BCUT2D eigenvalue weighted by molar-refractivity contribution is 0.217. The van der Waals surface area contributed by atoms with Gasteiger partial charge in [-0.3, -0.25) is 0 Å². The van der Waals surface area contributed by atoms with Gasteiger partial charge in [-0.25, -0.2) is 0 Å². The van der Waals surface area contributed by atoms with Crippen LogP contribution in [0.1, 0.15) is 38.1 Å². The summed E-state index contributed by atoms with van der Waals surface area (Å²) in [6.07, 6.45) is 0.963. The van der Waals surface area contributed by atoms with Crippen LogP contribution in [0.5, 0.6) is 0 Å². The highest BCUT2D eigenvalue weighted by Crippen LogP contribution is 2.26. The smallest absolute Gasteiger partial charge is 0.0584 e. The van der Waals surface area contributed by atoms with E-state index in [2.05, 4.69) is 43.6 Å². The normalized spacial score (nSPS) is 15.5. The Labute approximate surface area is 96.3 Å². The van der Waals surface area contributed by atoms with Crippen LogP contribution in [0.3, 0.4) is 0 Å². The third-order valence-electron chi connectivity index (χ3n) is 2.64. The molecule has 0 saturated heterocycles. The van der Waals surface area contributed by atoms with Gasteiger partial charge in [-0.1, -0.05) is 26.8 Å². The molecule has 2 N–H and O–H groups in total. The topological polar surface area (TPSA) is 32.3 Å². The zero-order chi connectivity index (χ0) is 11.3. The molecule has 1 unspecified atom stereocenters. The first-order chi connectivity index (χ1) is 7.19. The van der Waals surface area contributed by atoms with E-state index in [0.29, 0.717) is 12.0 Å². The highest BCUT2D eigenvalue weighted by atomic mass is 32.1. The lowest BCUT2D eigenvalue weighted by Crippen LogP contribution is -2.37. The van der Waals surface area contributed by atoms with Crippen molar-refractivity contribution in [2.45, 2.75) is 39.3 Å². The predicted octanol–water partition coefficient (Wildman–Crippen LogP) is 2.81. The van der Waals surface area contributed by atoms with Crippen LogP contribution in [0, 0.1) is 5.92 Å². The van der Waals surface area contributed by atoms with Gasteiger partial charge < -0.3 is 10.4 Å². The summed E-state index contributed by atoms with van der Waals surface area (Å²) in [5.41, 5.74) is 0. The SMILES string of the molecule is CC[C@H](CO)NC(c1cccs1)C(C)C. The van der Waals surface area contributed by atoms with Crippen molar-refractivity contribution in [1.82, 2.24) is 5.32 Å². The van der Waals surface area contributed by atoms with Crippen molar-refractivity contribution in [2.75, 3.05) is 6.61 Å². The van der Waals surface area contributed by atoms with Crippen molar-refractivity contribution in [3.8, 4) is 0 Å². The summed E-state index contributed by atoms with van der Waals surface area (Å²) in [4.78, 5) is 1.36. The van der Waals surface area contributed by atoms with Crippen molar-refractivity contribution in [1.29, 1.82) is 0 Å². The number of aliphatic hydroxyl groups excluding tert-OH is 1. The third-order valence-corrected chi connectivity index (χ3v) is 3.60. The highest BCUT2D eigenvalue weighted by Gasteiger charge is 2.19. The molecule has 2 nitrogen and oxygen atoms in total. The Balaban J connectivity index is 2.67. The second-order valence-corrected chi connectivity index (χ2v) is 5.17. The van der Waals surface area contributed by atoms with Crippen molar-refractivity contribution in [2.24, 2.45) is 5.92 Å². The van der Waals surface area contributed by atoms with Crippen molar-refractivity contribution >= 4 is 11.3 Å². The summed E-state index contributed by atoms with van der Waals surface area (Å²) < 4.78 is 0. The average molecular weight is 227 g/mol. The number of thiophene rings is 1. The number of nitrogens with one attached hydrogen (secondary N) is 1. The fourth-order valence-corrected chi connectivity index (χ4v) is 2.58. The van der Waals surface area contributed by atoms with Gasteiger partial charge >= 0.3 is 0 Å². The van der Waals surface area contributed by atoms with Gasteiger partial charge in [0, 0.05) is 17.0 Å². The maximum atomic E-state index is 9.20. The van der Waals surface area contributed by atoms with Gasteiger partial charge in [0.15, 0.2) is 0 Å². The zero-order valence-electron chi connectivity index (χ0n) is 9.73. The Morgan fingerprint density at radius 2 is 2.20 bits per heavy atom. The summed E-state index contributed by atoms with van der Waals surface area (Å²) in [6.45, 7) is 6.73. The van der Waals surface area contributed by atoms with Crippen LogP contribution in [-0.2, 0) is 0 Å². The summed E-state index contributed by atoms with van der Waals surface area (Å²) in [7, 11) is 0. The van der Waals surface area contributed by atoms with E-state index in [1.165, 1.54) is 4.88 Å². The standard InChI is InChI=1S/C12H21NOS/c1-4-10(8-14)13-12(9(2)3)11-6-5-7-15-11/h5-7,9-10,12-14H,4,8H2,1-3H3/t10-,12?/m1/s1. The minimum Gasteiger partial charge on any atom is -0.395 e. The molecule has 0 saturated carbocycles. The van der Waals surface area contributed by atoms with E-state index < -0.39 is 0 Å². The molecule has 0 aromatic carbocycles. The molecule has 2 atom stereocenters. The molecule has 1 aromatic rings. The van der Waals surface area contributed by atoms with Gasteiger partial charge in [0.25, 0.3) is 0 Å². The minimum absolute atomic E-state index is 0.208. The van der Waals surface area contributed by atoms with Gasteiger partial charge in [-0.05, 0) is 23.8 Å². The summed E-state index contributed by atoms with van der Waals surface area (Å²) in [5.74, 6) is 0.546. The minimum atomic E-state index is 0.208. The van der Waals surface area contributed by atoms with Crippen LogP contribution in [0.15, 0.2) is 17.5 Å². The van der Waals surface area contributed by atoms with Gasteiger partial charge in [-0.2, -0.15) is 0 Å². The summed E-state index contributed by atoms with van der Waals surface area (Å²) in [5, 5.41) is 14.8. The molecule has 3 heteroatoms. The first-order valence-corrected chi connectivity index (χ1v) is 6.47. The third kappa shape index (κ3) is 3.59. The molecule has 0 aliphatic rings. The first kappa shape index (κ1) is 12.7. The van der Waals surface area contributed by atoms with Crippen LogP contribution in [0.25, 0.3) is 0 Å². The van der Waals surface area contributed by atoms with E-state index in [1.54, 1.807) is 11.3 Å². The number of aliphatic hydroxyl groups is 1. The molecular weight excluding hydrogens is 206 g/mol. The summed E-state index contributed by atoms with van der Waals surface area (Å²) >= 11 is 1.78. The Morgan fingerprint density at radius 3 is 2.60 bits per heavy atom. The predicted molar refractivity (Wildman–Crippen MR) is 66.2 cm³/mol. The molecule has 86 valence electrons. The van der Waals surface area contributed by atoms with Crippen LogP contribution >= 0.6 is 11.3 Å². The second-order valence-electron chi connectivity index (χ2n) is 4.19. The van der Waals surface area contributed by atoms with Crippen molar-refractivity contribution in [3.63, 3.8) is 0 Å². The molecular formula is C12H21NOS. The monoisotopic (exact) mass is 227 g/mol. The quantitative estimate of drug-likeness (QED) is 0.783. The lowest BCUT2D eigenvalue weighted by Gasteiger charge is -2.26. The molecule has 1 rings (SSSR count). The van der Waals surface area contributed by atoms with E-state index in [-0.39, 0.29) is 12.6 Å². The van der Waals surface area contributed by atoms with Crippen molar-refractivity contribution in [3.05, 3.63) is 22.4 Å². The van der Waals surface area contributed by atoms with E-state index in [9.17, 15) is 5.11 Å². The molecule has 0 radical (unpaired) electrons. The Bertz CT molecular complexity index is 255. The first-order valence-electron chi connectivity index (χ1n) is 5.59. The van der Waals surface area contributed by atoms with E-state index in [1.807, 2.05) is 0 Å². The van der Waals surface area contributed by atoms with E-state index >= 15 is 0 Å². The van der Waals surface area contributed by atoms with E-state index in [0.717, 1.165) is 6.42 Å². The van der Waals surface area contributed by atoms with E-state index in [4.69, 9.17) is 0 Å². The van der Waals surface area contributed by atoms with Crippen LogP contribution < -0.4 is 5.32 Å². The van der Waals surface area contributed by atoms with Crippen LogP contribution in [0.4, 0.5) is 0 Å². The molecule has 15 heavy (non-hydrogen) atoms. The van der Waals surface area contributed by atoms with Gasteiger partial charge in [0.2, 0.25) is 0 Å². The molecule has 0 amide bonds. The molecule has 1 heterocycles. The number of rotatable bonds is 6. The Kier molecular flexibility index (Phi) is 5.29. The molecule has 0 aliphatic heterocycles. The Hall–Kier alpha value is -0.380. The average Bonchev–Trinajstić information content (AvgIpc) is 2.72. The number of hydrogen-bond donors (Lipinski definition) is 2. The highest BCUT2D eigenvalue weighted by molar-refractivity contribution is 7.10. The second kappa shape index (κ2) is 6.26. The molecule has 1 aromatic heterocycles. The fourth-order valence-electron chi connectivity index (χ4n) is 1.62. The van der Waals surface area contributed by atoms with Crippen molar-refractivity contribution < 1.29 is 5.11 Å². The number of hydrogen-bond acceptors (Lipinski definition) is 3. The lowest BCUT2D eigenvalue weighted by atomic mass is 10.0. The Morgan fingerprint density at radius 1 is 1.47 bits per heavy atom. The van der Waals surface area contributed by atoms with Crippen LogP contribution in [0.2, 0.25) is 0 Å². The molecule has 0 bridgehead atoms. The van der Waals surface area contributed by atoms with Gasteiger partial charge in [-0.15, -0.1) is 11.3 Å². The zero-order valence-corrected chi connectivity index (χ0v) is 10.6. The molecule has 0 fully saturated rings. The summed E-state index contributed by atoms with van der Waals surface area (Å²) in [6, 6.07) is 4.81. The molecule has 0 spiro atoms. The maximum Gasteiger partial charge on any atom is 0.0584 e. The largest absolute Gasteiger partial charge is 0.395 e. The maximum absolute atomic E-state index is 9.20.